The van der Waals surface area contributed by atoms with Gasteiger partial charge in [0.2, 0.25) is 0 Å². The summed E-state index contributed by atoms with van der Waals surface area (Å²) in [6.45, 7) is 6.23. The van der Waals surface area contributed by atoms with E-state index < -0.39 is 0 Å². The molecule has 112 valence electrons. The monoisotopic (exact) mass is 290 g/mol. The Morgan fingerprint density at radius 3 is 2.71 bits per heavy atom. The van der Waals surface area contributed by atoms with Crippen LogP contribution in [0, 0.1) is 11.3 Å². The Morgan fingerprint density at radius 2 is 2.05 bits per heavy atom. The van der Waals surface area contributed by atoms with Gasteiger partial charge in [-0.25, -0.2) is 0 Å². The fraction of sp³-hybridized carbons (Fsp3) is 0.467. The third-order valence-electron chi connectivity index (χ3n) is 3.53. The van der Waals surface area contributed by atoms with Gasteiger partial charge in [0.05, 0.1) is 24.8 Å². The Labute approximate surface area is 124 Å². The summed E-state index contributed by atoms with van der Waals surface area (Å²) >= 11 is 0. The number of morpholine rings is 1. The maximum absolute atomic E-state index is 11.8. The molecule has 0 unspecified atom stereocenters. The number of nitriles is 1. The molecular formula is C15H22N4O2+2. The Bertz CT molecular complexity index is 489. The minimum atomic E-state index is -0.0170. The number of nitrogens with zero attached hydrogens (tertiary/aromatic N) is 1. The molecule has 1 aromatic rings. The van der Waals surface area contributed by atoms with E-state index in [1.165, 1.54) is 0 Å². The molecule has 6 heteroatoms. The van der Waals surface area contributed by atoms with Crippen LogP contribution < -0.4 is 15.5 Å². The zero-order valence-corrected chi connectivity index (χ0v) is 12.1. The Morgan fingerprint density at radius 1 is 1.33 bits per heavy atom. The Hall–Kier alpha value is -1.94. The van der Waals surface area contributed by atoms with Crippen molar-refractivity contribution < 1.29 is 19.7 Å². The van der Waals surface area contributed by atoms with Gasteiger partial charge in [-0.2, -0.15) is 5.26 Å². The molecule has 0 spiro atoms. The molecule has 6 nitrogen and oxygen atoms in total. The quantitative estimate of drug-likeness (QED) is 0.529. The van der Waals surface area contributed by atoms with Crippen LogP contribution >= 0.6 is 0 Å². The van der Waals surface area contributed by atoms with Crippen molar-refractivity contribution in [2.24, 2.45) is 0 Å². The molecule has 1 aliphatic heterocycles. The van der Waals surface area contributed by atoms with Crippen LogP contribution in [0.4, 0.5) is 5.69 Å². The third-order valence-corrected chi connectivity index (χ3v) is 3.53. The van der Waals surface area contributed by atoms with Crippen LogP contribution in [0.25, 0.3) is 0 Å². The van der Waals surface area contributed by atoms with Gasteiger partial charge in [0.25, 0.3) is 5.91 Å². The smallest absolute Gasteiger partial charge is 0.279 e. The highest BCUT2D eigenvalue weighted by Crippen LogP contribution is 2.07. The van der Waals surface area contributed by atoms with E-state index >= 15 is 0 Å². The number of hydrogen-bond donors (Lipinski definition) is 3. The maximum Gasteiger partial charge on any atom is 0.279 e. The van der Waals surface area contributed by atoms with E-state index in [1.54, 1.807) is 29.2 Å². The predicted octanol–water partition coefficient (Wildman–Crippen LogP) is -2.02. The molecule has 0 aliphatic carbocycles. The molecule has 1 amide bonds. The lowest BCUT2D eigenvalue weighted by Gasteiger charge is -2.22. The molecule has 0 atom stereocenters. The first-order valence-electron chi connectivity index (χ1n) is 7.31. The maximum atomic E-state index is 11.8. The van der Waals surface area contributed by atoms with E-state index in [1.807, 2.05) is 5.32 Å². The normalized spacial score (nSPS) is 15.4. The third kappa shape index (κ3) is 5.52. The van der Waals surface area contributed by atoms with Gasteiger partial charge in [-0.15, -0.1) is 0 Å². The number of benzene rings is 1. The standard InChI is InChI=1S/C15H20N4O2/c16-11-13-1-3-14(4-2-13)18-15(20)12-17-5-6-19-7-9-21-10-8-19/h1-4,17H,5-10,12H2,(H,18,20)/p+2. The number of amides is 1. The summed E-state index contributed by atoms with van der Waals surface area (Å²) < 4.78 is 5.31. The van der Waals surface area contributed by atoms with Crippen LogP contribution in [0.2, 0.25) is 0 Å². The van der Waals surface area contributed by atoms with E-state index in [9.17, 15) is 4.79 Å². The number of quaternary nitrogens is 2. The molecule has 1 aromatic carbocycles. The van der Waals surface area contributed by atoms with Crippen molar-refractivity contribution in [3.8, 4) is 6.07 Å². The summed E-state index contributed by atoms with van der Waals surface area (Å²) in [6.07, 6.45) is 0. The summed E-state index contributed by atoms with van der Waals surface area (Å²) in [5, 5.41) is 13.6. The molecular weight excluding hydrogens is 268 g/mol. The summed E-state index contributed by atoms with van der Waals surface area (Å²) in [5.41, 5.74) is 1.32. The summed E-state index contributed by atoms with van der Waals surface area (Å²) in [7, 11) is 0. The van der Waals surface area contributed by atoms with Crippen molar-refractivity contribution in [2.45, 2.75) is 0 Å². The highest BCUT2D eigenvalue weighted by Gasteiger charge is 2.14. The highest BCUT2D eigenvalue weighted by molar-refractivity contribution is 5.91. The van der Waals surface area contributed by atoms with Gasteiger partial charge in [-0.1, -0.05) is 0 Å². The average Bonchev–Trinajstić information content (AvgIpc) is 2.53. The van der Waals surface area contributed by atoms with E-state index in [-0.39, 0.29) is 5.91 Å². The lowest BCUT2D eigenvalue weighted by atomic mass is 10.2. The molecule has 4 N–H and O–H groups in total. The topological polar surface area (TPSA) is 83.2 Å². The van der Waals surface area contributed by atoms with Crippen molar-refractivity contribution >= 4 is 11.6 Å². The number of nitrogens with one attached hydrogen (secondary N) is 2. The van der Waals surface area contributed by atoms with Gasteiger partial charge in [0, 0.05) is 5.69 Å². The minimum Gasteiger partial charge on any atom is -0.370 e. The largest absolute Gasteiger partial charge is 0.370 e. The number of ether oxygens (including phenoxy) is 1. The lowest BCUT2D eigenvalue weighted by molar-refractivity contribution is -0.919. The van der Waals surface area contributed by atoms with Crippen LogP contribution in [-0.2, 0) is 9.53 Å². The van der Waals surface area contributed by atoms with Crippen molar-refractivity contribution in [3.63, 3.8) is 0 Å². The summed E-state index contributed by atoms with van der Waals surface area (Å²) in [5.74, 6) is -0.0170. The second-order valence-corrected chi connectivity index (χ2v) is 5.13. The molecule has 1 saturated heterocycles. The second kappa shape index (κ2) is 8.37. The van der Waals surface area contributed by atoms with Crippen LogP contribution in [0.3, 0.4) is 0 Å². The van der Waals surface area contributed by atoms with Crippen LogP contribution in [0.1, 0.15) is 5.56 Å². The molecule has 0 aromatic heterocycles. The van der Waals surface area contributed by atoms with Gasteiger partial charge in [-0.05, 0) is 24.3 Å². The SMILES string of the molecule is N#Cc1ccc(NC(=O)C[NH2+]CC[NH+]2CCOCC2)cc1. The summed E-state index contributed by atoms with van der Waals surface area (Å²) in [6, 6.07) is 8.93. The molecule has 1 aliphatic rings. The highest BCUT2D eigenvalue weighted by atomic mass is 16.5. The number of carbonyl (C=O) groups is 1. The van der Waals surface area contributed by atoms with E-state index in [2.05, 4.69) is 11.4 Å². The Kier molecular flexibility index (Phi) is 6.16. The van der Waals surface area contributed by atoms with E-state index in [0.29, 0.717) is 12.1 Å². The number of carbonyl (C=O) groups excluding carboxylic acids is 1. The Balaban J connectivity index is 1.61. The van der Waals surface area contributed by atoms with Crippen molar-refractivity contribution in [2.75, 3.05) is 51.3 Å². The van der Waals surface area contributed by atoms with E-state index in [0.717, 1.165) is 45.1 Å². The molecule has 0 saturated carbocycles. The van der Waals surface area contributed by atoms with Crippen LogP contribution in [0.15, 0.2) is 24.3 Å². The second-order valence-electron chi connectivity index (χ2n) is 5.13. The zero-order valence-electron chi connectivity index (χ0n) is 12.1. The number of anilines is 1. The zero-order chi connectivity index (χ0) is 14.9. The first kappa shape index (κ1) is 15.4. The van der Waals surface area contributed by atoms with Crippen molar-refractivity contribution in [1.82, 2.24) is 0 Å². The van der Waals surface area contributed by atoms with Crippen molar-refractivity contribution in [1.29, 1.82) is 5.26 Å². The van der Waals surface area contributed by atoms with Gasteiger partial charge in [-0.3, -0.25) is 4.79 Å². The first-order chi connectivity index (χ1) is 10.3. The van der Waals surface area contributed by atoms with Crippen LogP contribution in [-0.4, -0.2) is 51.8 Å². The van der Waals surface area contributed by atoms with Gasteiger partial charge in [0.1, 0.15) is 26.2 Å². The fourth-order valence-corrected chi connectivity index (χ4v) is 2.29. The molecule has 1 fully saturated rings. The summed E-state index contributed by atoms with van der Waals surface area (Å²) in [4.78, 5) is 13.3. The average molecular weight is 290 g/mol. The fourth-order valence-electron chi connectivity index (χ4n) is 2.29. The van der Waals surface area contributed by atoms with E-state index in [4.69, 9.17) is 10.00 Å². The van der Waals surface area contributed by atoms with Gasteiger partial charge < -0.3 is 20.3 Å². The number of rotatable bonds is 6. The molecule has 21 heavy (non-hydrogen) atoms. The molecule has 0 radical (unpaired) electrons. The lowest BCUT2D eigenvalue weighted by Crippen LogP contribution is -3.16. The van der Waals surface area contributed by atoms with Gasteiger partial charge >= 0.3 is 0 Å². The minimum absolute atomic E-state index is 0.0170. The predicted molar refractivity (Wildman–Crippen MR) is 77.8 cm³/mol. The van der Waals surface area contributed by atoms with Crippen LogP contribution in [0.5, 0.6) is 0 Å². The number of hydrogen-bond acceptors (Lipinski definition) is 3. The molecule has 2 rings (SSSR count). The number of nitrogens with two attached hydrogens (primary N) is 1. The first-order valence-corrected chi connectivity index (χ1v) is 7.31. The molecule has 0 bridgehead atoms. The molecule has 1 heterocycles. The van der Waals surface area contributed by atoms with Gasteiger partial charge in [0.15, 0.2) is 6.54 Å². The van der Waals surface area contributed by atoms with Crippen molar-refractivity contribution in [3.05, 3.63) is 29.8 Å².